The Morgan fingerprint density at radius 1 is 1.40 bits per heavy atom. The van der Waals surface area contributed by atoms with E-state index in [-0.39, 0.29) is 6.09 Å². The quantitative estimate of drug-likeness (QED) is 0.564. The molecule has 1 aromatic rings. The zero-order chi connectivity index (χ0) is 14.8. The van der Waals surface area contributed by atoms with Crippen molar-refractivity contribution in [2.75, 3.05) is 13.2 Å². The van der Waals surface area contributed by atoms with Crippen LogP contribution in [0, 0.1) is 0 Å². The first-order chi connectivity index (χ1) is 9.63. The van der Waals surface area contributed by atoms with E-state index in [2.05, 4.69) is 33.4 Å². The average molecular weight is 361 g/mol. The van der Waals surface area contributed by atoms with Crippen LogP contribution in [0.2, 0.25) is 5.02 Å². The molecular weight excluding hydrogens is 342 g/mol. The number of nitrogens with one attached hydrogen (secondary N) is 1. The third kappa shape index (κ3) is 6.96. The Morgan fingerprint density at radius 3 is 2.90 bits per heavy atom. The van der Waals surface area contributed by atoms with Gasteiger partial charge in [-0.05, 0) is 49.9 Å². The highest BCUT2D eigenvalue weighted by Crippen LogP contribution is 2.22. The van der Waals surface area contributed by atoms with Gasteiger partial charge in [0.15, 0.2) is 0 Å². The predicted octanol–water partition coefficient (Wildman–Crippen LogP) is 4.73. The standard InChI is InChI=1S/C15H19BrClNO2/c1-2-20-15(19)18-10-6-4-3-5-7-12-11-13(16)8-9-14(12)17/h3-4,8-9,11H,2,5-7,10H2,1H3,(H,18,19)/b4-3+. The normalized spacial score (nSPS) is 10.8. The van der Waals surface area contributed by atoms with Crippen molar-refractivity contribution >= 4 is 33.6 Å². The van der Waals surface area contributed by atoms with E-state index in [1.54, 1.807) is 6.92 Å². The number of hydrogen-bond donors (Lipinski definition) is 1. The molecule has 20 heavy (non-hydrogen) atoms. The number of amides is 1. The number of benzene rings is 1. The molecule has 0 saturated heterocycles. The number of hydrogen-bond acceptors (Lipinski definition) is 2. The molecule has 3 nitrogen and oxygen atoms in total. The van der Waals surface area contributed by atoms with Crippen molar-refractivity contribution in [2.45, 2.75) is 26.2 Å². The van der Waals surface area contributed by atoms with Crippen molar-refractivity contribution < 1.29 is 9.53 Å². The van der Waals surface area contributed by atoms with Crippen LogP contribution in [0.5, 0.6) is 0 Å². The van der Waals surface area contributed by atoms with E-state index in [9.17, 15) is 4.79 Å². The second-order valence-corrected chi connectivity index (χ2v) is 5.50. The van der Waals surface area contributed by atoms with E-state index < -0.39 is 0 Å². The van der Waals surface area contributed by atoms with Gasteiger partial charge in [0.05, 0.1) is 6.61 Å². The second kappa shape index (κ2) is 9.83. The average Bonchev–Trinajstić information content (AvgIpc) is 2.41. The lowest BCUT2D eigenvalue weighted by atomic mass is 10.1. The zero-order valence-corrected chi connectivity index (χ0v) is 13.8. The van der Waals surface area contributed by atoms with Crippen molar-refractivity contribution in [1.29, 1.82) is 0 Å². The molecule has 0 saturated carbocycles. The molecule has 1 amide bonds. The largest absolute Gasteiger partial charge is 0.450 e. The fourth-order valence-electron chi connectivity index (χ4n) is 1.65. The van der Waals surface area contributed by atoms with Crippen LogP contribution in [0.1, 0.15) is 25.3 Å². The van der Waals surface area contributed by atoms with Gasteiger partial charge in [0.25, 0.3) is 0 Å². The van der Waals surface area contributed by atoms with Gasteiger partial charge >= 0.3 is 6.09 Å². The second-order valence-electron chi connectivity index (χ2n) is 4.18. The molecule has 0 aromatic heterocycles. The Kier molecular flexibility index (Phi) is 8.38. The maximum atomic E-state index is 11.0. The van der Waals surface area contributed by atoms with Crippen LogP contribution in [0.15, 0.2) is 34.8 Å². The highest BCUT2D eigenvalue weighted by atomic mass is 79.9. The van der Waals surface area contributed by atoms with E-state index in [0.717, 1.165) is 34.3 Å². The lowest BCUT2D eigenvalue weighted by Crippen LogP contribution is -2.24. The number of carbonyl (C=O) groups is 1. The number of rotatable bonds is 7. The molecule has 110 valence electrons. The van der Waals surface area contributed by atoms with Gasteiger partial charge in [-0.1, -0.05) is 39.7 Å². The summed E-state index contributed by atoms with van der Waals surface area (Å²) >= 11 is 9.55. The van der Waals surface area contributed by atoms with Crippen LogP contribution in [0.25, 0.3) is 0 Å². The summed E-state index contributed by atoms with van der Waals surface area (Å²) in [6.07, 6.45) is 6.42. The summed E-state index contributed by atoms with van der Waals surface area (Å²) in [4.78, 5) is 11.0. The van der Waals surface area contributed by atoms with Crippen LogP contribution in [0.4, 0.5) is 4.79 Å². The third-order valence-electron chi connectivity index (χ3n) is 2.61. The molecule has 1 aromatic carbocycles. The molecular formula is C15H19BrClNO2. The Hall–Kier alpha value is -1.000. The Morgan fingerprint density at radius 2 is 2.15 bits per heavy atom. The minimum Gasteiger partial charge on any atom is -0.450 e. The van der Waals surface area contributed by atoms with Crippen LogP contribution >= 0.6 is 27.5 Å². The SMILES string of the molecule is CCOC(=O)NCC/C=C/CCc1cc(Br)ccc1Cl. The van der Waals surface area contributed by atoms with E-state index >= 15 is 0 Å². The summed E-state index contributed by atoms with van der Waals surface area (Å²) in [7, 11) is 0. The van der Waals surface area contributed by atoms with Gasteiger partial charge in [-0.3, -0.25) is 0 Å². The van der Waals surface area contributed by atoms with Gasteiger partial charge in [0.1, 0.15) is 0 Å². The molecule has 5 heteroatoms. The van der Waals surface area contributed by atoms with Crippen molar-refractivity contribution in [2.24, 2.45) is 0 Å². The molecule has 1 rings (SSSR count). The van der Waals surface area contributed by atoms with Crippen LogP contribution in [-0.4, -0.2) is 19.2 Å². The Balaban J connectivity index is 2.19. The monoisotopic (exact) mass is 359 g/mol. The van der Waals surface area contributed by atoms with Gasteiger partial charge in [0, 0.05) is 16.0 Å². The van der Waals surface area contributed by atoms with E-state index in [0.29, 0.717) is 13.2 Å². The summed E-state index contributed by atoms with van der Waals surface area (Å²) in [6.45, 7) is 2.77. The zero-order valence-electron chi connectivity index (χ0n) is 11.5. The molecule has 0 aliphatic heterocycles. The highest BCUT2D eigenvalue weighted by Gasteiger charge is 2.00. The summed E-state index contributed by atoms with van der Waals surface area (Å²) in [5, 5.41) is 3.47. The summed E-state index contributed by atoms with van der Waals surface area (Å²) < 4.78 is 5.80. The number of ether oxygens (including phenoxy) is 1. The molecule has 0 bridgehead atoms. The van der Waals surface area contributed by atoms with Gasteiger partial charge < -0.3 is 10.1 Å². The number of alkyl carbamates (subject to hydrolysis) is 1. The molecule has 0 unspecified atom stereocenters. The molecule has 0 fully saturated rings. The lowest BCUT2D eigenvalue weighted by Gasteiger charge is -2.03. The first-order valence-corrected chi connectivity index (χ1v) is 7.80. The predicted molar refractivity (Wildman–Crippen MR) is 86.3 cm³/mol. The fraction of sp³-hybridized carbons (Fsp3) is 0.400. The highest BCUT2D eigenvalue weighted by molar-refractivity contribution is 9.10. The van der Waals surface area contributed by atoms with E-state index in [1.165, 1.54) is 0 Å². The molecule has 0 radical (unpaired) electrons. The van der Waals surface area contributed by atoms with Crippen LogP contribution < -0.4 is 5.32 Å². The summed E-state index contributed by atoms with van der Waals surface area (Å²) in [6, 6.07) is 5.87. The Bertz CT molecular complexity index is 463. The molecule has 0 atom stereocenters. The summed E-state index contributed by atoms with van der Waals surface area (Å²) in [5.74, 6) is 0. The van der Waals surface area contributed by atoms with Gasteiger partial charge in [0.2, 0.25) is 0 Å². The van der Waals surface area contributed by atoms with Crippen molar-refractivity contribution in [3.8, 4) is 0 Å². The molecule has 0 heterocycles. The van der Waals surface area contributed by atoms with E-state index in [1.807, 2.05) is 18.2 Å². The first-order valence-electron chi connectivity index (χ1n) is 6.63. The van der Waals surface area contributed by atoms with Crippen molar-refractivity contribution in [1.82, 2.24) is 5.32 Å². The minimum absolute atomic E-state index is 0.359. The van der Waals surface area contributed by atoms with E-state index in [4.69, 9.17) is 16.3 Å². The molecule has 1 N–H and O–H groups in total. The van der Waals surface area contributed by atoms with Gasteiger partial charge in [-0.2, -0.15) is 0 Å². The molecule has 0 aliphatic carbocycles. The van der Waals surface area contributed by atoms with Crippen LogP contribution in [0.3, 0.4) is 0 Å². The first kappa shape index (κ1) is 17.1. The maximum Gasteiger partial charge on any atom is 0.407 e. The van der Waals surface area contributed by atoms with Crippen molar-refractivity contribution in [3.63, 3.8) is 0 Å². The third-order valence-corrected chi connectivity index (χ3v) is 3.47. The van der Waals surface area contributed by atoms with Crippen molar-refractivity contribution in [3.05, 3.63) is 45.4 Å². The topological polar surface area (TPSA) is 38.3 Å². The fourth-order valence-corrected chi connectivity index (χ4v) is 2.27. The van der Waals surface area contributed by atoms with Gasteiger partial charge in [-0.15, -0.1) is 0 Å². The Labute approximate surface area is 133 Å². The summed E-state index contributed by atoms with van der Waals surface area (Å²) in [5.41, 5.74) is 1.13. The number of halogens is 2. The lowest BCUT2D eigenvalue weighted by molar-refractivity contribution is 0.152. The molecule has 0 spiro atoms. The van der Waals surface area contributed by atoms with Gasteiger partial charge in [-0.25, -0.2) is 4.79 Å². The number of aryl methyl sites for hydroxylation is 1. The smallest absolute Gasteiger partial charge is 0.407 e. The molecule has 0 aliphatic rings. The minimum atomic E-state index is -0.359. The number of allylic oxidation sites excluding steroid dienone is 1. The number of carbonyl (C=O) groups excluding carboxylic acids is 1. The maximum absolute atomic E-state index is 11.0. The van der Waals surface area contributed by atoms with Crippen LogP contribution in [-0.2, 0) is 11.2 Å².